The molecule has 0 N–H and O–H groups in total. The maximum Gasteiger partial charge on any atom is 0.419 e. The second kappa shape index (κ2) is 4.48. The van der Waals surface area contributed by atoms with Crippen molar-refractivity contribution in [3.63, 3.8) is 0 Å². The number of nitrogens with zero attached hydrogens (tertiary/aromatic N) is 1. The van der Waals surface area contributed by atoms with Crippen LogP contribution < -0.4 is 0 Å². The van der Waals surface area contributed by atoms with Crippen molar-refractivity contribution in [2.24, 2.45) is 5.18 Å². The Kier molecular flexibility index (Phi) is 3.45. The van der Waals surface area contributed by atoms with E-state index in [2.05, 4.69) is 9.91 Å². The Bertz CT molecular complexity index is 470. The van der Waals surface area contributed by atoms with E-state index < -0.39 is 34.8 Å². The van der Waals surface area contributed by atoms with Gasteiger partial charge in [-0.3, -0.25) is 0 Å². The Balaban J connectivity index is 3.45. The number of rotatable bonds is 2. The maximum absolute atomic E-state index is 13.1. The van der Waals surface area contributed by atoms with E-state index in [0.717, 1.165) is 7.11 Å². The van der Waals surface area contributed by atoms with Crippen molar-refractivity contribution in [2.45, 2.75) is 6.18 Å². The quantitative estimate of drug-likeness (QED) is 0.461. The summed E-state index contributed by atoms with van der Waals surface area (Å²) in [5.41, 5.74) is -3.15. The number of nitroso groups, excluding NO2 is 1. The molecule has 0 radical (unpaired) electrons. The van der Waals surface area contributed by atoms with E-state index in [1.807, 2.05) is 0 Å². The van der Waals surface area contributed by atoms with Crippen LogP contribution in [0, 0.1) is 10.7 Å². The molecule has 0 aliphatic rings. The molecule has 0 saturated carbocycles. The van der Waals surface area contributed by atoms with Gasteiger partial charge in [-0.25, -0.2) is 9.18 Å². The van der Waals surface area contributed by atoms with Crippen LogP contribution in [0.15, 0.2) is 17.3 Å². The number of benzene rings is 1. The number of carbonyl (C=O) groups is 1. The van der Waals surface area contributed by atoms with E-state index in [1.165, 1.54) is 0 Å². The third kappa shape index (κ3) is 2.58. The lowest BCUT2D eigenvalue weighted by Crippen LogP contribution is -2.10. The molecule has 0 fully saturated rings. The molecule has 0 amide bonds. The van der Waals surface area contributed by atoms with Gasteiger partial charge in [0.05, 0.1) is 18.2 Å². The highest BCUT2D eigenvalue weighted by molar-refractivity contribution is 5.95. The minimum absolute atomic E-state index is 0.161. The molecule has 0 aliphatic heterocycles. The summed E-state index contributed by atoms with van der Waals surface area (Å²) in [6.07, 6.45) is -4.97. The molecule has 0 bridgehead atoms. The summed E-state index contributed by atoms with van der Waals surface area (Å²) in [6.45, 7) is 0. The lowest BCUT2D eigenvalue weighted by atomic mass is 10.1. The van der Waals surface area contributed by atoms with Crippen LogP contribution in [0.3, 0.4) is 0 Å². The number of hydrogen-bond acceptors (Lipinski definition) is 4. The topological polar surface area (TPSA) is 55.7 Å². The number of hydrogen-bond donors (Lipinski definition) is 0. The van der Waals surface area contributed by atoms with Gasteiger partial charge in [0.25, 0.3) is 0 Å². The molecule has 0 heterocycles. The fraction of sp³-hybridized carbons (Fsp3) is 0.222. The van der Waals surface area contributed by atoms with E-state index in [0.29, 0.717) is 0 Å². The zero-order chi connectivity index (χ0) is 13.2. The summed E-state index contributed by atoms with van der Waals surface area (Å²) < 4.78 is 54.1. The van der Waals surface area contributed by atoms with Gasteiger partial charge in [-0.1, -0.05) is 0 Å². The highest BCUT2D eigenvalue weighted by Gasteiger charge is 2.35. The van der Waals surface area contributed by atoms with Gasteiger partial charge < -0.3 is 4.74 Å². The summed E-state index contributed by atoms with van der Waals surface area (Å²) in [7, 11) is 0.937. The first kappa shape index (κ1) is 13.1. The Labute approximate surface area is 92.2 Å². The van der Waals surface area contributed by atoms with Gasteiger partial charge in [0, 0.05) is 0 Å². The van der Waals surface area contributed by atoms with E-state index in [4.69, 9.17) is 0 Å². The van der Waals surface area contributed by atoms with Crippen molar-refractivity contribution >= 4 is 11.7 Å². The molecular weight excluding hydrogens is 246 g/mol. The summed E-state index contributed by atoms with van der Waals surface area (Å²) in [6, 6.07) is 0.431. The van der Waals surface area contributed by atoms with Gasteiger partial charge in [-0.05, 0) is 17.3 Å². The molecular formula is C9H5F4NO3. The molecule has 0 spiro atoms. The van der Waals surface area contributed by atoms with Crippen molar-refractivity contribution in [1.29, 1.82) is 0 Å². The molecule has 0 aliphatic carbocycles. The first-order valence-electron chi connectivity index (χ1n) is 4.13. The summed E-state index contributed by atoms with van der Waals surface area (Å²) in [5, 5.41) is 2.24. The standard InChI is InChI=1S/C9H5F4NO3/c1-17-8(15)4-2-6(10)5(9(11,12)13)3-7(4)14-16/h2-3H,1H3. The van der Waals surface area contributed by atoms with Crippen LogP contribution in [0.5, 0.6) is 0 Å². The van der Waals surface area contributed by atoms with Crippen LogP contribution in [0.25, 0.3) is 0 Å². The zero-order valence-corrected chi connectivity index (χ0v) is 8.34. The fourth-order valence-electron chi connectivity index (χ4n) is 1.13. The van der Waals surface area contributed by atoms with Crippen LogP contribution in [0.4, 0.5) is 23.2 Å². The van der Waals surface area contributed by atoms with E-state index in [-0.39, 0.29) is 12.1 Å². The van der Waals surface area contributed by atoms with Gasteiger partial charge in [0.15, 0.2) is 0 Å². The van der Waals surface area contributed by atoms with Gasteiger partial charge in [0.2, 0.25) is 0 Å². The summed E-state index contributed by atoms with van der Waals surface area (Å²) in [5.74, 6) is -2.82. The first-order chi connectivity index (χ1) is 7.81. The molecule has 0 unspecified atom stereocenters. The highest BCUT2D eigenvalue weighted by Crippen LogP contribution is 2.35. The van der Waals surface area contributed by atoms with Crippen LogP contribution in [-0.4, -0.2) is 13.1 Å². The van der Waals surface area contributed by atoms with Crippen LogP contribution >= 0.6 is 0 Å². The molecule has 1 aromatic carbocycles. The van der Waals surface area contributed by atoms with Crippen LogP contribution in [-0.2, 0) is 10.9 Å². The van der Waals surface area contributed by atoms with Crippen molar-refractivity contribution in [2.75, 3.05) is 7.11 Å². The van der Waals surface area contributed by atoms with Gasteiger partial charge in [-0.15, -0.1) is 4.91 Å². The predicted octanol–water partition coefficient (Wildman–Crippen LogP) is 3.03. The Morgan fingerprint density at radius 2 is 1.94 bits per heavy atom. The third-order valence-electron chi connectivity index (χ3n) is 1.89. The zero-order valence-electron chi connectivity index (χ0n) is 8.34. The minimum Gasteiger partial charge on any atom is -0.465 e. The van der Waals surface area contributed by atoms with E-state index in [1.54, 1.807) is 0 Å². The molecule has 4 nitrogen and oxygen atoms in total. The molecule has 17 heavy (non-hydrogen) atoms. The molecule has 0 atom stereocenters. The number of alkyl halides is 3. The number of carbonyl (C=O) groups excluding carboxylic acids is 1. The van der Waals surface area contributed by atoms with Gasteiger partial charge in [0.1, 0.15) is 11.5 Å². The fourth-order valence-corrected chi connectivity index (χ4v) is 1.13. The van der Waals surface area contributed by atoms with Crippen molar-refractivity contribution in [3.05, 3.63) is 34.0 Å². The number of ether oxygens (including phenoxy) is 1. The lowest BCUT2D eigenvalue weighted by Gasteiger charge is -2.10. The van der Waals surface area contributed by atoms with Crippen molar-refractivity contribution in [3.8, 4) is 0 Å². The lowest BCUT2D eigenvalue weighted by molar-refractivity contribution is -0.139. The Morgan fingerprint density at radius 3 is 2.35 bits per heavy atom. The third-order valence-corrected chi connectivity index (χ3v) is 1.89. The molecule has 1 rings (SSSR count). The first-order valence-corrected chi connectivity index (χ1v) is 4.13. The highest BCUT2D eigenvalue weighted by atomic mass is 19.4. The number of halogens is 4. The normalized spacial score (nSPS) is 11.1. The average molecular weight is 251 g/mol. The molecule has 0 aromatic heterocycles. The van der Waals surface area contributed by atoms with Crippen LogP contribution in [0.1, 0.15) is 15.9 Å². The summed E-state index contributed by atoms with van der Waals surface area (Å²) >= 11 is 0. The van der Waals surface area contributed by atoms with E-state index in [9.17, 15) is 27.3 Å². The van der Waals surface area contributed by atoms with Gasteiger partial charge >= 0.3 is 12.1 Å². The SMILES string of the molecule is COC(=O)c1cc(F)c(C(F)(F)F)cc1N=O. The van der Waals surface area contributed by atoms with Crippen LogP contribution in [0.2, 0.25) is 0 Å². The Morgan fingerprint density at radius 1 is 1.35 bits per heavy atom. The van der Waals surface area contributed by atoms with Crippen molar-refractivity contribution in [1.82, 2.24) is 0 Å². The monoisotopic (exact) mass is 251 g/mol. The largest absolute Gasteiger partial charge is 0.465 e. The van der Waals surface area contributed by atoms with Crippen molar-refractivity contribution < 1.29 is 27.1 Å². The summed E-state index contributed by atoms with van der Waals surface area (Å²) in [4.78, 5) is 21.3. The molecule has 8 heteroatoms. The average Bonchev–Trinajstić information content (AvgIpc) is 2.26. The minimum atomic E-state index is -4.97. The number of methoxy groups -OCH3 is 1. The smallest absolute Gasteiger partial charge is 0.419 e. The van der Waals surface area contributed by atoms with Gasteiger partial charge in [-0.2, -0.15) is 13.2 Å². The second-order valence-corrected chi connectivity index (χ2v) is 2.93. The Hall–Kier alpha value is -1.99. The maximum atomic E-state index is 13.1. The molecule has 0 saturated heterocycles. The molecule has 92 valence electrons. The predicted molar refractivity (Wildman–Crippen MR) is 48.2 cm³/mol. The van der Waals surface area contributed by atoms with E-state index >= 15 is 0 Å². The second-order valence-electron chi connectivity index (χ2n) is 2.93. The molecule has 1 aromatic rings. The number of esters is 1.